The molecule has 0 aliphatic carbocycles. The van der Waals surface area contributed by atoms with E-state index in [-0.39, 0.29) is 48.2 Å². The summed E-state index contributed by atoms with van der Waals surface area (Å²) in [5.41, 5.74) is -2.96. The molecule has 0 fully saturated rings. The maximum atomic E-state index is 14.0. The van der Waals surface area contributed by atoms with E-state index in [2.05, 4.69) is 25.8 Å². The maximum Gasteiger partial charge on any atom is 0.416 e. The van der Waals surface area contributed by atoms with Crippen molar-refractivity contribution in [2.75, 3.05) is 10.6 Å². The Morgan fingerprint density at radius 2 is 1.06 bits per heavy atom. The van der Waals surface area contributed by atoms with Crippen LogP contribution >= 0.6 is 22.7 Å². The number of halogens is 10. The smallest absolute Gasteiger partial charge is 0.366 e. The van der Waals surface area contributed by atoms with Crippen LogP contribution in [0.4, 0.5) is 54.2 Å². The molecule has 22 heteroatoms. The molecule has 2 N–H and O–H groups in total. The van der Waals surface area contributed by atoms with Gasteiger partial charge in [-0.25, -0.2) is 27.5 Å². The van der Waals surface area contributed by atoms with Gasteiger partial charge in [0, 0.05) is 6.07 Å². The van der Waals surface area contributed by atoms with Gasteiger partial charge in [-0.15, -0.1) is 0 Å². The van der Waals surface area contributed by atoms with E-state index < -0.39 is 77.8 Å². The Morgan fingerprint density at radius 3 is 1.49 bits per heavy atom. The zero-order valence-corrected chi connectivity index (χ0v) is 34.9. The molecule has 0 saturated heterocycles. The Labute approximate surface area is 358 Å². The summed E-state index contributed by atoms with van der Waals surface area (Å²) in [4.78, 5) is 44.4. The third kappa shape index (κ3) is 10.6. The Morgan fingerprint density at radius 1 is 0.635 bits per heavy atom. The lowest BCUT2D eigenvalue weighted by Gasteiger charge is -2.09. The van der Waals surface area contributed by atoms with E-state index in [1.54, 1.807) is 6.07 Å². The van der Waals surface area contributed by atoms with E-state index in [4.69, 9.17) is 4.52 Å². The zero-order valence-electron chi connectivity index (χ0n) is 32.3. The molecule has 0 spiro atoms. The van der Waals surface area contributed by atoms with Crippen molar-refractivity contribution in [1.82, 2.24) is 15.1 Å². The molecule has 0 saturated carbocycles. The minimum absolute atomic E-state index is 0.0620. The average molecular weight is 936 g/mol. The molecule has 3 aromatic heterocycles. The second-order valence-corrected chi connectivity index (χ2v) is 21.1. The predicted molar refractivity (Wildman–Crippen MR) is 218 cm³/mol. The number of benzene rings is 4. The molecule has 0 radical (unpaired) electrons. The van der Waals surface area contributed by atoms with Crippen LogP contribution in [0.1, 0.15) is 42.3 Å². The largest absolute Gasteiger partial charge is 0.416 e. The summed E-state index contributed by atoms with van der Waals surface area (Å²) in [5.74, 6) is -6.54. The monoisotopic (exact) mass is 935 g/mol. The fraction of sp³-hybridized carbons (Fsp3) is 0.122. The zero-order chi connectivity index (χ0) is 46.0. The highest BCUT2D eigenvalue weighted by atomic mass is 32.1. The van der Waals surface area contributed by atoms with Gasteiger partial charge in [-0.2, -0.15) is 26.3 Å². The van der Waals surface area contributed by atoms with Gasteiger partial charge in [-0.1, -0.05) is 83.9 Å². The van der Waals surface area contributed by atoms with Crippen LogP contribution in [-0.2, 0) is 12.4 Å². The van der Waals surface area contributed by atoms with E-state index in [0.29, 0.717) is 23.0 Å². The highest BCUT2D eigenvalue weighted by molar-refractivity contribution is 7.20. The summed E-state index contributed by atoms with van der Waals surface area (Å²) in [6.45, 7) is 6.09. The fourth-order valence-electron chi connectivity index (χ4n) is 5.58. The van der Waals surface area contributed by atoms with E-state index >= 15 is 0 Å². The number of carbonyl (C=O) groups is 3. The van der Waals surface area contributed by atoms with Crippen LogP contribution in [0, 0.1) is 23.3 Å². The molecular formula is C41H27F10N5O4S2Si. The number of aromatic nitrogens is 3. The maximum absolute atomic E-state index is 14.0. The quantitative estimate of drug-likeness (QED) is 0.0838. The molecule has 326 valence electrons. The summed E-state index contributed by atoms with van der Waals surface area (Å²) < 4.78 is 140. The highest BCUT2D eigenvalue weighted by Gasteiger charge is 2.33. The van der Waals surface area contributed by atoms with Crippen molar-refractivity contribution < 1.29 is 62.8 Å². The lowest BCUT2D eigenvalue weighted by atomic mass is 10.1. The van der Waals surface area contributed by atoms with Gasteiger partial charge in [-0.3, -0.25) is 25.0 Å². The summed E-state index contributed by atoms with van der Waals surface area (Å²) in [5, 5.41) is 8.92. The number of amides is 2. The molecule has 0 atom stereocenters. The molecule has 3 heterocycles. The topological polar surface area (TPSA) is 127 Å². The van der Waals surface area contributed by atoms with Gasteiger partial charge < -0.3 is 4.52 Å². The van der Waals surface area contributed by atoms with Crippen LogP contribution in [0.25, 0.3) is 32.3 Å². The van der Waals surface area contributed by atoms with Crippen molar-refractivity contribution in [3.63, 3.8) is 0 Å². The molecule has 0 unspecified atom stereocenters. The number of nitrogens with zero attached hydrogens (tertiary/aromatic N) is 3. The number of rotatable bonds is 9. The van der Waals surface area contributed by atoms with Crippen molar-refractivity contribution in [2.45, 2.75) is 32.0 Å². The molecule has 0 aliphatic rings. The molecule has 9 nitrogen and oxygen atoms in total. The van der Waals surface area contributed by atoms with Crippen molar-refractivity contribution in [1.29, 1.82) is 0 Å². The molecule has 0 bridgehead atoms. The molecule has 63 heavy (non-hydrogen) atoms. The Kier molecular flexibility index (Phi) is 13.2. The number of aldehydes is 1. The fourth-order valence-corrected chi connectivity index (χ4v) is 8.36. The number of alkyl halides is 6. The van der Waals surface area contributed by atoms with Crippen molar-refractivity contribution >= 4 is 64.5 Å². The average Bonchev–Trinajstić information content (AvgIpc) is 3.97. The molecule has 7 aromatic rings. The Bertz CT molecular complexity index is 2810. The number of nitrogens with one attached hydrogen (secondary N) is 2. The van der Waals surface area contributed by atoms with E-state index in [9.17, 15) is 58.3 Å². The summed E-state index contributed by atoms with van der Waals surface area (Å²) in [6.07, 6.45) is -8.84. The SMILES string of the molecule is C[Si](C)(C)c1cc(-c2nc(NC(=O)c3c(F)cccc3F)sc2-c2cccc(C(F)(F)F)c2)no1.O=Cc1nc(NC(=O)c2c(F)cccc2F)sc1-c1cccc(C(F)(F)F)c1. The third-order valence-corrected chi connectivity index (χ3v) is 12.4. The first-order valence-electron chi connectivity index (χ1n) is 17.9. The molecule has 2 amide bonds. The lowest BCUT2D eigenvalue weighted by Crippen LogP contribution is -2.36. The first-order chi connectivity index (χ1) is 29.5. The summed E-state index contributed by atoms with van der Waals surface area (Å²) in [6, 6.07) is 16.4. The highest BCUT2D eigenvalue weighted by Crippen LogP contribution is 2.41. The number of hydrogen-bond acceptors (Lipinski definition) is 9. The first-order valence-corrected chi connectivity index (χ1v) is 23.0. The lowest BCUT2D eigenvalue weighted by molar-refractivity contribution is -0.138. The number of thiazole rings is 2. The van der Waals surface area contributed by atoms with Crippen LogP contribution in [0.15, 0.2) is 95.5 Å². The van der Waals surface area contributed by atoms with Crippen LogP contribution in [0.5, 0.6) is 0 Å². The summed E-state index contributed by atoms with van der Waals surface area (Å²) >= 11 is 1.56. The Balaban J connectivity index is 0.000000215. The molecular weight excluding hydrogens is 909 g/mol. The third-order valence-electron chi connectivity index (χ3n) is 8.61. The van der Waals surface area contributed by atoms with Gasteiger partial charge in [0.2, 0.25) is 0 Å². The first kappa shape index (κ1) is 46.0. The van der Waals surface area contributed by atoms with Gasteiger partial charge in [0.15, 0.2) is 16.5 Å². The van der Waals surface area contributed by atoms with Crippen molar-refractivity contribution in [2.24, 2.45) is 0 Å². The second-order valence-electron chi connectivity index (χ2n) is 14.1. The van der Waals surface area contributed by atoms with Crippen molar-refractivity contribution in [3.05, 3.63) is 142 Å². The van der Waals surface area contributed by atoms with Gasteiger partial charge >= 0.3 is 12.4 Å². The van der Waals surface area contributed by atoms with Crippen molar-refractivity contribution in [3.8, 4) is 32.3 Å². The molecule has 0 aliphatic heterocycles. The van der Waals surface area contributed by atoms with Crippen LogP contribution in [0.3, 0.4) is 0 Å². The number of carbonyl (C=O) groups excluding carboxylic acids is 3. The van der Waals surface area contributed by atoms with Crippen LogP contribution < -0.4 is 16.0 Å². The van der Waals surface area contributed by atoms with Crippen LogP contribution in [0.2, 0.25) is 19.6 Å². The Hall–Kier alpha value is -6.52. The van der Waals surface area contributed by atoms with E-state index in [0.717, 1.165) is 72.0 Å². The summed E-state index contributed by atoms with van der Waals surface area (Å²) in [7, 11) is -1.91. The van der Waals surface area contributed by atoms with E-state index in [1.807, 2.05) is 19.6 Å². The minimum atomic E-state index is -4.58. The van der Waals surface area contributed by atoms with Gasteiger partial charge in [0.05, 0.1) is 20.9 Å². The van der Waals surface area contributed by atoms with Crippen LogP contribution in [-0.4, -0.2) is 41.3 Å². The molecule has 4 aromatic carbocycles. The predicted octanol–water partition coefficient (Wildman–Crippen LogP) is 11.7. The number of hydrogen-bond donors (Lipinski definition) is 2. The second kappa shape index (κ2) is 18.1. The van der Waals surface area contributed by atoms with Gasteiger partial charge in [0.1, 0.15) is 64.9 Å². The van der Waals surface area contributed by atoms with Gasteiger partial charge in [0.25, 0.3) is 11.8 Å². The van der Waals surface area contributed by atoms with E-state index in [1.165, 1.54) is 24.3 Å². The normalized spacial score (nSPS) is 11.8. The molecule has 7 rings (SSSR count). The van der Waals surface area contributed by atoms with Gasteiger partial charge in [-0.05, 0) is 59.7 Å². The minimum Gasteiger partial charge on any atom is -0.366 e. The standard InChI is InChI=1S/C23H18F5N3O2SSi.C18H9F5N2O2S/c1-35(2,3)17-11-16(31-33-17)19-20(12-6-4-7-13(10-12)23(26,27)28)34-22(29-19)30-21(32)18-14(24)8-5-9-15(18)25;19-11-5-2-6-12(20)14(11)16(27)25-17-24-13(8-26)15(28-17)9-3-1-4-10(7-9)18(21,22)23/h4-11H,1-3H3,(H,29,30,32);1-8H,(H,24,25,27). The number of anilines is 2.